The lowest BCUT2D eigenvalue weighted by Gasteiger charge is -1.98. The first kappa shape index (κ1) is 12.5. The number of benzene rings is 1. The summed E-state index contributed by atoms with van der Waals surface area (Å²) in [6, 6.07) is 12.6. The van der Waals surface area contributed by atoms with Gasteiger partial charge in [-0.15, -0.1) is 11.3 Å². The fourth-order valence-electron chi connectivity index (χ4n) is 1.48. The number of anilines is 1. The molecule has 0 saturated carbocycles. The van der Waals surface area contributed by atoms with Gasteiger partial charge in [0.15, 0.2) is 0 Å². The van der Waals surface area contributed by atoms with E-state index in [0.29, 0.717) is 21.9 Å². The van der Waals surface area contributed by atoms with Crippen molar-refractivity contribution in [2.24, 2.45) is 0 Å². The lowest BCUT2D eigenvalue weighted by atomic mass is 10.1. The fourth-order valence-corrected chi connectivity index (χ4v) is 2.37. The molecule has 0 aliphatic rings. The molecule has 0 radical (unpaired) electrons. The highest BCUT2D eigenvalue weighted by Gasteiger charge is 2.12. The molecule has 0 aliphatic heterocycles. The molecule has 0 aliphatic carbocycles. The fraction of sp³-hybridized carbons (Fsp3) is 0.143. The van der Waals surface area contributed by atoms with Gasteiger partial charge in [-0.1, -0.05) is 37.3 Å². The van der Waals surface area contributed by atoms with Gasteiger partial charge in [0.1, 0.15) is 0 Å². The van der Waals surface area contributed by atoms with Crippen molar-refractivity contribution >= 4 is 28.0 Å². The van der Waals surface area contributed by atoms with Gasteiger partial charge >= 0.3 is 0 Å². The van der Waals surface area contributed by atoms with Crippen molar-refractivity contribution in [2.45, 2.75) is 13.3 Å². The highest BCUT2D eigenvalue weighted by Crippen LogP contribution is 2.24. The second kappa shape index (κ2) is 5.60. The predicted octanol–water partition coefficient (Wildman–Crippen LogP) is 3.33. The Balaban J connectivity index is 2.15. The standard InChI is InChI=1S/C14H13NO2S/c1-2-12(16)15-13-9-8-11(18-13)14(17)10-6-4-3-5-7-10/h3-9H,2H2,1H3,(H,15,16). The van der Waals surface area contributed by atoms with Crippen LogP contribution in [0.1, 0.15) is 28.6 Å². The molecule has 92 valence electrons. The molecule has 0 fully saturated rings. The van der Waals surface area contributed by atoms with Crippen molar-refractivity contribution in [1.82, 2.24) is 0 Å². The maximum atomic E-state index is 12.1. The quantitative estimate of drug-likeness (QED) is 0.856. The normalized spacial score (nSPS) is 10.1. The smallest absolute Gasteiger partial charge is 0.224 e. The van der Waals surface area contributed by atoms with Crippen molar-refractivity contribution in [2.75, 3.05) is 5.32 Å². The first-order valence-corrected chi connectivity index (χ1v) is 6.52. The summed E-state index contributed by atoms with van der Waals surface area (Å²) in [7, 11) is 0. The Morgan fingerprint density at radius 1 is 1.11 bits per heavy atom. The summed E-state index contributed by atoms with van der Waals surface area (Å²) in [5.74, 6) is -0.0619. The number of nitrogens with one attached hydrogen (secondary N) is 1. The molecule has 0 bridgehead atoms. The van der Waals surface area contributed by atoms with Gasteiger partial charge in [-0.3, -0.25) is 9.59 Å². The number of hydrogen-bond donors (Lipinski definition) is 1. The monoisotopic (exact) mass is 259 g/mol. The van der Waals surface area contributed by atoms with Crippen LogP contribution in [0.25, 0.3) is 0 Å². The maximum absolute atomic E-state index is 12.1. The van der Waals surface area contributed by atoms with E-state index >= 15 is 0 Å². The summed E-state index contributed by atoms with van der Waals surface area (Å²) in [6.07, 6.45) is 0.430. The van der Waals surface area contributed by atoms with Gasteiger partial charge < -0.3 is 5.32 Å². The second-order valence-corrected chi connectivity index (χ2v) is 4.84. The molecule has 4 heteroatoms. The minimum Gasteiger partial charge on any atom is -0.318 e. The Morgan fingerprint density at radius 2 is 1.83 bits per heavy atom. The number of amides is 1. The van der Waals surface area contributed by atoms with E-state index in [9.17, 15) is 9.59 Å². The Hall–Kier alpha value is -1.94. The number of carbonyl (C=O) groups is 2. The molecule has 1 aromatic heterocycles. The third-order valence-corrected chi connectivity index (χ3v) is 3.45. The third-order valence-electron chi connectivity index (χ3n) is 2.45. The molecule has 1 N–H and O–H groups in total. The van der Waals surface area contributed by atoms with Crippen molar-refractivity contribution in [1.29, 1.82) is 0 Å². The topological polar surface area (TPSA) is 46.2 Å². The first-order valence-electron chi connectivity index (χ1n) is 5.70. The third kappa shape index (κ3) is 2.84. The van der Waals surface area contributed by atoms with Crippen LogP contribution in [-0.4, -0.2) is 11.7 Å². The Bertz CT molecular complexity index is 560. The average Bonchev–Trinajstić information content (AvgIpc) is 2.87. The van der Waals surface area contributed by atoms with E-state index in [1.54, 1.807) is 31.2 Å². The van der Waals surface area contributed by atoms with Crippen LogP contribution < -0.4 is 5.32 Å². The van der Waals surface area contributed by atoms with Gasteiger partial charge in [0, 0.05) is 12.0 Å². The van der Waals surface area contributed by atoms with Crippen LogP contribution >= 0.6 is 11.3 Å². The molecule has 0 unspecified atom stereocenters. The zero-order valence-electron chi connectivity index (χ0n) is 9.97. The summed E-state index contributed by atoms with van der Waals surface area (Å²) in [5, 5.41) is 3.46. The summed E-state index contributed by atoms with van der Waals surface area (Å²) in [5.41, 5.74) is 0.660. The predicted molar refractivity (Wildman–Crippen MR) is 73.1 cm³/mol. The molecular weight excluding hydrogens is 246 g/mol. The number of thiophene rings is 1. The minimum absolute atomic E-state index is 0.0161. The molecule has 0 saturated heterocycles. The SMILES string of the molecule is CCC(=O)Nc1ccc(C(=O)c2ccccc2)s1. The van der Waals surface area contributed by atoms with E-state index in [0.717, 1.165) is 0 Å². The molecule has 3 nitrogen and oxygen atoms in total. The summed E-state index contributed by atoms with van der Waals surface area (Å²) in [4.78, 5) is 24.0. The minimum atomic E-state index is -0.0458. The molecular formula is C14H13NO2S. The molecule has 0 spiro atoms. The number of carbonyl (C=O) groups excluding carboxylic acids is 2. The Morgan fingerprint density at radius 3 is 2.50 bits per heavy atom. The van der Waals surface area contributed by atoms with E-state index in [-0.39, 0.29) is 11.7 Å². The Kier molecular flexibility index (Phi) is 3.89. The zero-order valence-corrected chi connectivity index (χ0v) is 10.8. The highest BCUT2D eigenvalue weighted by molar-refractivity contribution is 7.18. The van der Waals surface area contributed by atoms with Crippen LogP contribution in [-0.2, 0) is 4.79 Å². The highest BCUT2D eigenvalue weighted by atomic mass is 32.1. The van der Waals surface area contributed by atoms with Crippen molar-refractivity contribution < 1.29 is 9.59 Å². The van der Waals surface area contributed by atoms with E-state index < -0.39 is 0 Å². The summed E-state index contributed by atoms with van der Waals surface area (Å²) >= 11 is 1.30. The summed E-state index contributed by atoms with van der Waals surface area (Å²) in [6.45, 7) is 1.79. The van der Waals surface area contributed by atoms with Gasteiger partial charge in [0.05, 0.1) is 9.88 Å². The van der Waals surface area contributed by atoms with Crippen molar-refractivity contribution in [3.8, 4) is 0 Å². The van der Waals surface area contributed by atoms with Crippen LogP contribution in [0.4, 0.5) is 5.00 Å². The molecule has 18 heavy (non-hydrogen) atoms. The molecule has 1 heterocycles. The lowest BCUT2D eigenvalue weighted by molar-refractivity contribution is -0.115. The van der Waals surface area contributed by atoms with E-state index in [1.807, 2.05) is 18.2 Å². The Labute approximate surface area is 109 Å². The largest absolute Gasteiger partial charge is 0.318 e. The van der Waals surface area contributed by atoms with Gasteiger partial charge in [-0.05, 0) is 12.1 Å². The molecule has 2 rings (SSSR count). The van der Waals surface area contributed by atoms with E-state index in [2.05, 4.69) is 5.32 Å². The van der Waals surface area contributed by atoms with Gasteiger partial charge in [-0.25, -0.2) is 0 Å². The first-order chi connectivity index (χ1) is 8.70. The van der Waals surface area contributed by atoms with E-state index in [1.165, 1.54) is 11.3 Å². The molecule has 1 amide bonds. The van der Waals surface area contributed by atoms with Crippen LogP contribution in [0.15, 0.2) is 42.5 Å². The van der Waals surface area contributed by atoms with Crippen LogP contribution in [0.3, 0.4) is 0 Å². The van der Waals surface area contributed by atoms with Crippen LogP contribution in [0.2, 0.25) is 0 Å². The number of ketones is 1. The molecule has 1 aromatic carbocycles. The second-order valence-electron chi connectivity index (χ2n) is 3.76. The zero-order chi connectivity index (χ0) is 13.0. The average molecular weight is 259 g/mol. The number of hydrogen-bond acceptors (Lipinski definition) is 3. The van der Waals surface area contributed by atoms with Crippen molar-refractivity contribution in [3.05, 3.63) is 52.9 Å². The molecule has 2 aromatic rings. The number of rotatable bonds is 4. The van der Waals surface area contributed by atoms with Gasteiger partial charge in [0.25, 0.3) is 0 Å². The van der Waals surface area contributed by atoms with Gasteiger partial charge in [-0.2, -0.15) is 0 Å². The van der Waals surface area contributed by atoms with Gasteiger partial charge in [0.2, 0.25) is 11.7 Å². The van der Waals surface area contributed by atoms with Crippen LogP contribution in [0.5, 0.6) is 0 Å². The van der Waals surface area contributed by atoms with Crippen LogP contribution in [0, 0.1) is 0 Å². The maximum Gasteiger partial charge on any atom is 0.224 e. The summed E-state index contributed by atoms with van der Waals surface area (Å²) < 4.78 is 0. The van der Waals surface area contributed by atoms with Crippen molar-refractivity contribution in [3.63, 3.8) is 0 Å². The van der Waals surface area contributed by atoms with E-state index in [4.69, 9.17) is 0 Å². The lowest BCUT2D eigenvalue weighted by Crippen LogP contribution is -2.07. The molecule has 0 atom stereocenters.